The van der Waals surface area contributed by atoms with Crippen molar-refractivity contribution in [3.05, 3.63) is 70.3 Å². The van der Waals surface area contributed by atoms with Gasteiger partial charge in [-0.05, 0) is 42.8 Å². The van der Waals surface area contributed by atoms with Gasteiger partial charge in [0.2, 0.25) is 11.8 Å². The Labute approximate surface area is 244 Å². The van der Waals surface area contributed by atoms with Gasteiger partial charge in [-0.25, -0.2) is 4.98 Å². The molecule has 208 valence electrons. The lowest BCUT2D eigenvalue weighted by molar-refractivity contribution is -0.116. The maximum atomic E-state index is 12.5. The number of carbonyl (C=O) groups is 2. The summed E-state index contributed by atoms with van der Waals surface area (Å²) in [6, 6.07) is 12.7. The van der Waals surface area contributed by atoms with Gasteiger partial charge in [0.1, 0.15) is 0 Å². The van der Waals surface area contributed by atoms with E-state index in [9.17, 15) is 9.59 Å². The number of amides is 2. The monoisotopic (exact) mass is 598 g/mol. The normalized spacial score (nSPS) is 11.0. The largest absolute Gasteiger partial charge is 0.493 e. The van der Waals surface area contributed by atoms with E-state index in [2.05, 4.69) is 25.8 Å². The zero-order valence-electron chi connectivity index (χ0n) is 22.0. The molecule has 0 aliphatic carbocycles. The van der Waals surface area contributed by atoms with Crippen LogP contribution in [0.15, 0.2) is 59.1 Å². The van der Waals surface area contributed by atoms with E-state index in [0.29, 0.717) is 39.2 Å². The number of nitrogens with one attached hydrogen (secondary N) is 2. The molecule has 2 N–H and O–H groups in total. The number of thioether (sulfide) groups is 1. The highest BCUT2D eigenvalue weighted by Crippen LogP contribution is 2.28. The van der Waals surface area contributed by atoms with Crippen molar-refractivity contribution in [2.75, 3.05) is 25.3 Å². The highest BCUT2D eigenvalue weighted by molar-refractivity contribution is 7.99. The number of halogens is 1. The van der Waals surface area contributed by atoms with E-state index in [1.54, 1.807) is 44.6 Å². The van der Waals surface area contributed by atoms with Crippen molar-refractivity contribution in [2.45, 2.75) is 25.2 Å². The maximum Gasteiger partial charge on any atom is 0.244 e. The molecule has 40 heavy (non-hydrogen) atoms. The zero-order chi connectivity index (χ0) is 28.5. The van der Waals surface area contributed by atoms with Crippen LogP contribution in [0.3, 0.4) is 0 Å². The highest BCUT2D eigenvalue weighted by Gasteiger charge is 2.15. The SMILES string of the molecule is CCn1c(CNC(=O)/C=C/c2ccc(OC)c(OC)c2)nnc1SCC(=O)Nc1nc(-c2ccc(Cl)cc2)cs1. The first kappa shape index (κ1) is 29.1. The molecular weight excluding hydrogens is 572 g/mol. The van der Waals surface area contributed by atoms with Crippen LogP contribution in [-0.4, -0.2) is 51.5 Å². The molecule has 0 radical (unpaired) electrons. The van der Waals surface area contributed by atoms with Crippen LogP contribution in [-0.2, 0) is 22.7 Å². The predicted molar refractivity (Wildman–Crippen MR) is 158 cm³/mol. The first-order chi connectivity index (χ1) is 19.4. The first-order valence-corrected chi connectivity index (χ1v) is 14.4. The number of benzene rings is 2. The fraction of sp³-hybridized carbons (Fsp3) is 0.222. The average Bonchev–Trinajstić information content (AvgIpc) is 3.60. The molecule has 13 heteroatoms. The minimum absolute atomic E-state index is 0.133. The van der Waals surface area contributed by atoms with Crippen LogP contribution in [0.4, 0.5) is 5.13 Å². The van der Waals surface area contributed by atoms with Gasteiger partial charge in [-0.15, -0.1) is 21.5 Å². The minimum atomic E-state index is -0.282. The fourth-order valence-electron chi connectivity index (χ4n) is 3.60. The molecule has 0 saturated heterocycles. The summed E-state index contributed by atoms with van der Waals surface area (Å²) < 4.78 is 12.4. The number of anilines is 1. The van der Waals surface area contributed by atoms with Crippen molar-refractivity contribution in [1.29, 1.82) is 0 Å². The summed E-state index contributed by atoms with van der Waals surface area (Å²) in [5, 5.41) is 17.7. The zero-order valence-corrected chi connectivity index (χ0v) is 24.4. The quantitative estimate of drug-likeness (QED) is 0.170. The van der Waals surface area contributed by atoms with Gasteiger partial charge in [0.05, 0.1) is 32.2 Å². The summed E-state index contributed by atoms with van der Waals surface area (Å²) in [5.41, 5.74) is 2.48. The van der Waals surface area contributed by atoms with E-state index in [4.69, 9.17) is 21.1 Å². The molecule has 4 aromatic rings. The van der Waals surface area contributed by atoms with Gasteiger partial charge in [-0.3, -0.25) is 9.59 Å². The number of hydrogen-bond donors (Lipinski definition) is 2. The third-order valence-corrected chi connectivity index (χ3v) is 7.56. The van der Waals surface area contributed by atoms with Crippen molar-refractivity contribution >= 4 is 57.7 Å². The van der Waals surface area contributed by atoms with Crippen molar-refractivity contribution in [2.24, 2.45) is 0 Å². The fourth-order valence-corrected chi connectivity index (χ4v) is 5.28. The lowest BCUT2D eigenvalue weighted by Crippen LogP contribution is -2.22. The van der Waals surface area contributed by atoms with Crippen LogP contribution in [0.2, 0.25) is 5.02 Å². The number of methoxy groups -OCH3 is 2. The molecule has 10 nitrogen and oxygen atoms in total. The van der Waals surface area contributed by atoms with Crippen LogP contribution in [0.1, 0.15) is 18.3 Å². The molecule has 0 atom stereocenters. The second-order valence-electron chi connectivity index (χ2n) is 8.19. The Balaban J connectivity index is 1.28. The van der Waals surface area contributed by atoms with E-state index in [-0.39, 0.29) is 24.1 Å². The van der Waals surface area contributed by atoms with E-state index >= 15 is 0 Å². The molecular formula is C27H27ClN6O4S2. The number of hydrogen-bond acceptors (Lipinski definition) is 9. The molecule has 2 aromatic heterocycles. The Hall–Kier alpha value is -3.87. The number of rotatable bonds is 12. The second kappa shape index (κ2) is 14.0. The van der Waals surface area contributed by atoms with E-state index < -0.39 is 0 Å². The Morgan fingerprint density at radius 2 is 1.88 bits per heavy atom. The Bertz CT molecular complexity index is 1500. The number of nitrogens with zero attached hydrogens (tertiary/aromatic N) is 4. The van der Waals surface area contributed by atoms with Gasteiger partial charge in [0, 0.05) is 28.6 Å². The Morgan fingerprint density at radius 1 is 1.10 bits per heavy atom. The highest BCUT2D eigenvalue weighted by atomic mass is 35.5. The van der Waals surface area contributed by atoms with E-state index in [1.165, 1.54) is 29.2 Å². The van der Waals surface area contributed by atoms with Crippen molar-refractivity contribution in [1.82, 2.24) is 25.1 Å². The molecule has 4 rings (SSSR count). The third-order valence-electron chi connectivity index (χ3n) is 5.59. The summed E-state index contributed by atoms with van der Waals surface area (Å²) in [4.78, 5) is 29.4. The summed E-state index contributed by atoms with van der Waals surface area (Å²) in [6.45, 7) is 2.72. The molecule has 2 amide bonds. The Morgan fingerprint density at radius 3 is 2.60 bits per heavy atom. The maximum absolute atomic E-state index is 12.5. The predicted octanol–water partition coefficient (Wildman–Crippen LogP) is 5.15. The molecule has 0 aliphatic rings. The summed E-state index contributed by atoms with van der Waals surface area (Å²) >= 11 is 8.56. The number of ether oxygens (including phenoxy) is 2. The summed E-state index contributed by atoms with van der Waals surface area (Å²) in [7, 11) is 3.12. The van der Waals surface area contributed by atoms with Gasteiger partial charge < -0.3 is 24.7 Å². The van der Waals surface area contributed by atoms with Crippen LogP contribution < -0.4 is 20.1 Å². The number of carbonyl (C=O) groups excluding carboxylic acids is 2. The molecule has 2 aromatic carbocycles. The lowest BCUT2D eigenvalue weighted by atomic mass is 10.2. The standard InChI is InChI=1S/C27H27ClN6O4S2/c1-4-34-23(14-29-24(35)12-6-17-5-11-21(37-2)22(13-17)38-3)32-33-27(34)40-16-25(36)31-26-30-20(15-39-26)18-7-9-19(28)10-8-18/h5-13,15H,4,14,16H2,1-3H3,(H,29,35)(H,30,31,36)/b12-6+. The minimum Gasteiger partial charge on any atom is -0.493 e. The number of aromatic nitrogens is 4. The molecule has 0 bridgehead atoms. The van der Waals surface area contributed by atoms with Crippen molar-refractivity contribution in [3.63, 3.8) is 0 Å². The number of thiazole rings is 1. The van der Waals surface area contributed by atoms with Gasteiger partial charge in [0.15, 0.2) is 27.6 Å². The molecule has 0 spiro atoms. The summed E-state index contributed by atoms with van der Waals surface area (Å²) in [5.74, 6) is 1.42. The van der Waals surface area contributed by atoms with Crippen molar-refractivity contribution in [3.8, 4) is 22.8 Å². The van der Waals surface area contributed by atoms with Crippen LogP contribution in [0.5, 0.6) is 11.5 Å². The van der Waals surface area contributed by atoms with Gasteiger partial charge in [-0.2, -0.15) is 0 Å². The lowest BCUT2D eigenvalue weighted by Gasteiger charge is -2.08. The van der Waals surface area contributed by atoms with Gasteiger partial charge >= 0.3 is 0 Å². The summed E-state index contributed by atoms with van der Waals surface area (Å²) in [6.07, 6.45) is 3.12. The van der Waals surface area contributed by atoms with Crippen LogP contribution in [0.25, 0.3) is 17.3 Å². The van der Waals surface area contributed by atoms with Gasteiger partial charge in [-0.1, -0.05) is 41.6 Å². The molecule has 0 aliphatic heterocycles. The second-order valence-corrected chi connectivity index (χ2v) is 10.4. The van der Waals surface area contributed by atoms with Crippen molar-refractivity contribution < 1.29 is 19.1 Å². The van der Waals surface area contributed by atoms with Gasteiger partial charge in [0.25, 0.3) is 0 Å². The topological polar surface area (TPSA) is 120 Å². The molecule has 2 heterocycles. The van der Waals surface area contributed by atoms with Crippen LogP contribution >= 0.6 is 34.7 Å². The van der Waals surface area contributed by atoms with E-state index in [0.717, 1.165) is 16.8 Å². The smallest absolute Gasteiger partial charge is 0.244 e. The third kappa shape index (κ3) is 7.62. The first-order valence-electron chi connectivity index (χ1n) is 12.1. The van der Waals surface area contributed by atoms with Crippen LogP contribution in [0, 0.1) is 0 Å². The average molecular weight is 599 g/mol. The molecule has 0 fully saturated rings. The van der Waals surface area contributed by atoms with E-state index in [1.807, 2.05) is 35.1 Å². The Kier molecular flexibility index (Phi) is 10.2. The molecule has 0 unspecified atom stereocenters. The molecule has 0 saturated carbocycles.